The monoisotopic (exact) mass is 435 g/mol. The fourth-order valence-corrected chi connectivity index (χ4v) is 5.93. The third-order valence-corrected chi connectivity index (χ3v) is 7.35. The van der Waals surface area contributed by atoms with E-state index in [1.165, 1.54) is 54.6 Å². The molecule has 1 aromatic heterocycles. The first-order chi connectivity index (χ1) is 16.8. The summed E-state index contributed by atoms with van der Waals surface area (Å²) in [7, 11) is 0. The number of benzene rings is 6. The Morgan fingerprint density at radius 1 is 0.471 bits per heavy atom. The molecule has 0 radical (unpaired) electrons. The zero-order chi connectivity index (χ0) is 22.4. The van der Waals surface area contributed by atoms with Crippen LogP contribution >= 0.6 is 0 Å². The molecule has 0 bridgehead atoms. The van der Waals surface area contributed by atoms with Crippen LogP contribution in [-0.2, 0) is 0 Å². The third-order valence-electron chi connectivity index (χ3n) is 7.35. The van der Waals surface area contributed by atoms with E-state index in [4.69, 9.17) is 0 Å². The van der Waals surface area contributed by atoms with Gasteiger partial charge in [-0.1, -0.05) is 66.7 Å². The predicted molar refractivity (Wildman–Crippen MR) is 140 cm³/mol. The largest absolute Gasteiger partial charge is 0.309 e. The molecule has 0 saturated heterocycles. The minimum atomic E-state index is -0.224. The van der Waals surface area contributed by atoms with Crippen molar-refractivity contribution in [3.05, 3.63) is 115 Å². The Kier molecular flexibility index (Phi) is 3.36. The van der Waals surface area contributed by atoms with Gasteiger partial charge in [-0.25, -0.2) is 4.39 Å². The highest BCUT2D eigenvalue weighted by Crippen LogP contribution is 2.51. The SMILES string of the molecule is Fc1ccc(-n2c3cc4ccccc4cc3c3c4cccc5c4c(cc32)-c2ccccc2-5)cc1. The van der Waals surface area contributed by atoms with Gasteiger partial charge < -0.3 is 4.57 Å². The number of rotatable bonds is 1. The molecule has 0 atom stereocenters. The van der Waals surface area contributed by atoms with E-state index in [9.17, 15) is 4.39 Å². The van der Waals surface area contributed by atoms with Crippen molar-refractivity contribution in [1.82, 2.24) is 4.57 Å². The number of aromatic nitrogens is 1. The summed E-state index contributed by atoms with van der Waals surface area (Å²) in [6, 6.07) is 37.6. The van der Waals surface area contributed by atoms with Gasteiger partial charge in [0, 0.05) is 16.5 Å². The van der Waals surface area contributed by atoms with E-state index in [1.807, 2.05) is 12.1 Å². The average molecular weight is 436 g/mol. The lowest BCUT2D eigenvalue weighted by molar-refractivity contribution is 0.627. The maximum atomic E-state index is 13.9. The van der Waals surface area contributed by atoms with Gasteiger partial charge in [0.2, 0.25) is 0 Å². The summed E-state index contributed by atoms with van der Waals surface area (Å²) >= 11 is 0. The number of hydrogen-bond acceptors (Lipinski definition) is 0. The molecule has 0 unspecified atom stereocenters. The minimum Gasteiger partial charge on any atom is -0.309 e. The zero-order valence-electron chi connectivity index (χ0n) is 18.2. The lowest BCUT2D eigenvalue weighted by Gasteiger charge is -2.10. The van der Waals surface area contributed by atoms with Gasteiger partial charge in [0.25, 0.3) is 0 Å². The Morgan fingerprint density at radius 2 is 1.15 bits per heavy atom. The molecule has 7 aromatic rings. The van der Waals surface area contributed by atoms with E-state index >= 15 is 0 Å². The van der Waals surface area contributed by atoms with Crippen molar-refractivity contribution in [1.29, 1.82) is 0 Å². The maximum absolute atomic E-state index is 13.9. The molecule has 0 N–H and O–H groups in total. The average Bonchev–Trinajstić information content (AvgIpc) is 3.37. The van der Waals surface area contributed by atoms with Crippen molar-refractivity contribution in [2.45, 2.75) is 0 Å². The molecule has 6 aromatic carbocycles. The van der Waals surface area contributed by atoms with Gasteiger partial charge in [0.15, 0.2) is 0 Å². The van der Waals surface area contributed by atoms with Crippen LogP contribution in [0.5, 0.6) is 0 Å². The Balaban J connectivity index is 1.64. The smallest absolute Gasteiger partial charge is 0.123 e. The van der Waals surface area contributed by atoms with Crippen LogP contribution in [-0.4, -0.2) is 4.57 Å². The molecule has 158 valence electrons. The number of fused-ring (bicyclic) bond motifs is 8. The van der Waals surface area contributed by atoms with E-state index in [1.54, 1.807) is 12.1 Å². The molecule has 1 aliphatic carbocycles. The van der Waals surface area contributed by atoms with E-state index < -0.39 is 0 Å². The van der Waals surface area contributed by atoms with Crippen LogP contribution in [0.15, 0.2) is 109 Å². The molecule has 0 amide bonds. The quantitative estimate of drug-likeness (QED) is 0.243. The molecule has 1 nitrogen and oxygen atoms in total. The van der Waals surface area contributed by atoms with Crippen LogP contribution in [0.1, 0.15) is 0 Å². The van der Waals surface area contributed by atoms with Gasteiger partial charge in [-0.05, 0) is 86.3 Å². The molecule has 0 aliphatic heterocycles. The van der Waals surface area contributed by atoms with Gasteiger partial charge in [-0.3, -0.25) is 0 Å². The molecule has 2 heteroatoms. The van der Waals surface area contributed by atoms with Gasteiger partial charge in [-0.15, -0.1) is 0 Å². The fourth-order valence-electron chi connectivity index (χ4n) is 5.93. The standard InChI is InChI=1S/C32H18FN/c33-21-12-14-22(15-13-21)34-29-17-20-7-2-1-6-19(20)16-28(29)32-26-11-5-10-25-23-8-3-4-9-24(23)27(31(25)26)18-30(32)34/h1-18H. The molecule has 34 heavy (non-hydrogen) atoms. The van der Waals surface area contributed by atoms with Crippen molar-refractivity contribution in [2.75, 3.05) is 0 Å². The normalized spacial score (nSPS) is 12.3. The number of nitrogens with zero attached hydrogens (tertiary/aromatic N) is 1. The second kappa shape index (κ2) is 6.33. The summed E-state index contributed by atoms with van der Waals surface area (Å²) in [6.07, 6.45) is 0. The molecule has 8 rings (SSSR count). The lowest BCUT2D eigenvalue weighted by atomic mass is 9.97. The van der Waals surface area contributed by atoms with Gasteiger partial charge in [-0.2, -0.15) is 0 Å². The van der Waals surface area contributed by atoms with Crippen molar-refractivity contribution in [3.8, 4) is 27.9 Å². The Bertz CT molecular complexity index is 1960. The fraction of sp³-hybridized carbons (Fsp3) is 0. The topological polar surface area (TPSA) is 4.93 Å². The van der Waals surface area contributed by atoms with Crippen LogP contribution in [0.4, 0.5) is 4.39 Å². The van der Waals surface area contributed by atoms with E-state index in [2.05, 4.69) is 89.5 Å². The van der Waals surface area contributed by atoms with Crippen LogP contribution in [0, 0.1) is 5.82 Å². The Hall–Kier alpha value is -4.43. The summed E-state index contributed by atoms with van der Waals surface area (Å²) in [5, 5.41) is 7.48. The summed E-state index contributed by atoms with van der Waals surface area (Å²) < 4.78 is 16.1. The Morgan fingerprint density at radius 3 is 1.94 bits per heavy atom. The van der Waals surface area contributed by atoms with Crippen LogP contribution in [0.25, 0.3) is 71.3 Å². The van der Waals surface area contributed by atoms with E-state index in [0.717, 1.165) is 16.7 Å². The summed E-state index contributed by atoms with van der Waals surface area (Å²) in [4.78, 5) is 0. The van der Waals surface area contributed by atoms with E-state index in [-0.39, 0.29) is 5.82 Å². The van der Waals surface area contributed by atoms with Crippen LogP contribution in [0.2, 0.25) is 0 Å². The number of hydrogen-bond donors (Lipinski definition) is 0. The third kappa shape index (κ3) is 2.22. The molecule has 1 aliphatic rings. The van der Waals surface area contributed by atoms with Crippen LogP contribution in [0.3, 0.4) is 0 Å². The van der Waals surface area contributed by atoms with E-state index in [0.29, 0.717) is 0 Å². The minimum absolute atomic E-state index is 0.224. The van der Waals surface area contributed by atoms with Crippen LogP contribution < -0.4 is 0 Å². The zero-order valence-corrected chi connectivity index (χ0v) is 18.2. The molecular weight excluding hydrogens is 417 g/mol. The first kappa shape index (κ1) is 18.0. The van der Waals surface area contributed by atoms with Crippen molar-refractivity contribution >= 4 is 43.4 Å². The second-order valence-electron chi connectivity index (χ2n) is 9.12. The summed E-state index contributed by atoms with van der Waals surface area (Å²) in [6.45, 7) is 0. The molecule has 0 saturated carbocycles. The first-order valence-electron chi connectivity index (χ1n) is 11.6. The van der Waals surface area contributed by atoms with Gasteiger partial charge in [0.05, 0.1) is 11.0 Å². The highest BCUT2D eigenvalue weighted by molar-refractivity contribution is 6.30. The lowest BCUT2D eigenvalue weighted by Crippen LogP contribution is -1.94. The van der Waals surface area contributed by atoms with Crippen molar-refractivity contribution < 1.29 is 4.39 Å². The second-order valence-corrected chi connectivity index (χ2v) is 9.12. The molecule has 1 heterocycles. The predicted octanol–water partition coefficient (Wildman–Crippen LogP) is 8.88. The van der Waals surface area contributed by atoms with Gasteiger partial charge >= 0.3 is 0 Å². The first-order valence-corrected chi connectivity index (χ1v) is 11.6. The maximum Gasteiger partial charge on any atom is 0.123 e. The number of halogens is 1. The molecule has 0 spiro atoms. The van der Waals surface area contributed by atoms with Crippen molar-refractivity contribution in [2.24, 2.45) is 0 Å². The Labute approximate surface area is 195 Å². The highest BCUT2D eigenvalue weighted by atomic mass is 19.1. The highest BCUT2D eigenvalue weighted by Gasteiger charge is 2.25. The van der Waals surface area contributed by atoms with Crippen molar-refractivity contribution in [3.63, 3.8) is 0 Å². The molecular formula is C32H18FN. The summed E-state index contributed by atoms with van der Waals surface area (Å²) in [5.74, 6) is -0.224. The molecule has 0 fully saturated rings. The van der Waals surface area contributed by atoms with Gasteiger partial charge in [0.1, 0.15) is 5.82 Å². The summed E-state index contributed by atoms with van der Waals surface area (Å²) in [5.41, 5.74) is 8.38.